The van der Waals surface area contributed by atoms with Crippen LogP contribution in [0.2, 0.25) is 0 Å². The van der Waals surface area contributed by atoms with E-state index in [-0.39, 0.29) is 29.7 Å². The fourth-order valence-electron chi connectivity index (χ4n) is 2.65. The SMILES string of the molecule is CC1CN(C(=O)c2ccc(NC(=O)c3ccco3)cc2)C(C)CO1. The Hall–Kier alpha value is -2.60. The minimum atomic E-state index is -0.324. The molecule has 0 spiro atoms. The molecule has 1 N–H and O–H groups in total. The lowest BCUT2D eigenvalue weighted by Crippen LogP contribution is -2.50. The van der Waals surface area contributed by atoms with Gasteiger partial charge in [0, 0.05) is 17.8 Å². The van der Waals surface area contributed by atoms with Crippen molar-refractivity contribution < 1.29 is 18.7 Å². The summed E-state index contributed by atoms with van der Waals surface area (Å²) in [7, 11) is 0. The van der Waals surface area contributed by atoms with Gasteiger partial charge in [0.15, 0.2) is 5.76 Å². The fraction of sp³-hybridized carbons (Fsp3) is 0.333. The van der Waals surface area contributed by atoms with Crippen molar-refractivity contribution in [3.63, 3.8) is 0 Å². The molecule has 2 atom stereocenters. The van der Waals surface area contributed by atoms with Crippen molar-refractivity contribution >= 4 is 17.5 Å². The zero-order chi connectivity index (χ0) is 17.1. The Morgan fingerprint density at radius 1 is 1.17 bits per heavy atom. The van der Waals surface area contributed by atoms with Crippen molar-refractivity contribution in [3.05, 3.63) is 54.0 Å². The third-order valence-electron chi connectivity index (χ3n) is 4.00. The van der Waals surface area contributed by atoms with E-state index in [1.54, 1.807) is 36.4 Å². The van der Waals surface area contributed by atoms with Gasteiger partial charge >= 0.3 is 0 Å². The number of amides is 2. The van der Waals surface area contributed by atoms with Gasteiger partial charge in [0.25, 0.3) is 11.8 Å². The van der Waals surface area contributed by atoms with Gasteiger partial charge in [-0.1, -0.05) is 0 Å². The number of ether oxygens (including phenoxy) is 1. The third-order valence-corrected chi connectivity index (χ3v) is 4.00. The molecule has 2 amide bonds. The summed E-state index contributed by atoms with van der Waals surface area (Å²) in [6, 6.07) is 10.1. The Bertz CT molecular complexity index is 709. The number of morpholine rings is 1. The summed E-state index contributed by atoms with van der Waals surface area (Å²) in [5, 5.41) is 2.73. The van der Waals surface area contributed by atoms with E-state index in [1.165, 1.54) is 6.26 Å². The molecule has 0 saturated carbocycles. The first-order valence-corrected chi connectivity index (χ1v) is 7.92. The van der Waals surface area contributed by atoms with Crippen molar-refractivity contribution in [2.24, 2.45) is 0 Å². The third kappa shape index (κ3) is 3.49. The Labute approximate surface area is 140 Å². The largest absolute Gasteiger partial charge is 0.459 e. The highest BCUT2D eigenvalue weighted by Gasteiger charge is 2.28. The average Bonchev–Trinajstić information content (AvgIpc) is 3.12. The van der Waals surface area contributed by atoms with Gasteiger partial charge in [-0.2, -0.15) is 0 Å². The molecule has 1 aliphatic rings. The van der Waals surface area contributed by atoms with Crippen LogP contribution in [0.1, 0.15) is 34.8 Å². The van der Waals surface area contributed by atoms with Crippen LogP contribution in [-0.2, 0) is 4.74 Å². The quantitative estimate of drug-likeness (QED) is 0.940. The predicted molar refractivity (Wildman–Crippen MR) is 89.0 cm³/mol. The van der Waals surface area contributed by atoms with Crippen LogP contribution in [0.4, 0.5) is 5.69 Å². The summed E-state index contributed by atoms with van der Waals surface area (Å²) in [6.07, 6.45) is 1.48. The molecule has 2 aromatic rings. The molecule has 1 fully saturated rings. The molecule has 0 aliphatic carbocycles. The maximum absolute atomic E-state index is 12.6. The number of rotatable bonds is 3. The maximum atomic E-state index is 12.6. The lowest BCUT2D eigenvalue weighted by molar-refractivity contribution is -0.0387. The number of carbonyl (C=O) groups is 2. The van der Waals surface area contributed by atoms with Crippen LogP contribution in [0.15, 0.2) is 47.1 Å². The van der Waals surface area contributed by atoms with E-state index in [2.05, 4.69) is 5.32 Å². The summed E-state index contributed by atoms with van der Waals surface area (Å²) in [6.45, 7) is 5.06. The molecule has 1 aliphatic heterocycles. The molecule has 24 heavy (non-hydrogen) atoms. The second kappa shape index (κ2) is 6.88. The average molecular weight is 328 g/mol. The van der Waals surface area contributed by atoms with Crippen LogP contribution >= 0.6 is 0 Å². The van der Waals surface area contributed by atoms with Crippen molar-refractivity contribution in [2.45, 2.75) is 26.0 Å². The minimum Gasteiger partial charge on any atom is -0.459 e. The van der Waals surface area contributed by atoms with E-state index in [9.17, 15) is 9.59 Å². The predicted octanol–water partition coefficient (Wildman–Crippen LogP) is 2.78. The molecule has 3 rings (SSSR count). The Morgan fingerprint density at radius 3 is 2.58 bits per heavy atom. The van der Waals surface area contributed by atoms with Crippen molar-refractivity contribution in [2.75, 3.05) is 18.5 Å². The van der Waals surface area contributed by atoms with Crippen LogP contribution in [0.25, 0.3) is 0 Å². The molecule has 126 valence electrons. The number of anilines is 1. The first-order valence-electron chi connectivity index (χ1n) is 7.92. The second-order valence-electron chi connectivity index (χ2n) is 5.96. The Morgan fingerprint density at radius 2 is 1.92 bits per heavy atom. The number of furan rings is 1. The molecule has 1 aromatic heterocycles. The van der Waals surface area contributed by atoms with Crippen LogP contribution in [-0.4, -0.2) is 42.0 Å². The van der Waals surface area contributed by atoms with Gasteiger partial charge in [0.2, 0.25) is 0 Å². The molecule has 2 heterocycles. The summed E-state index contributed by atoms with van der Waals surface area (Å²) in [4.78, 5) is 26.4. The zero-order valence-corrected chi connectivity index (χ0v) is 13.7. The monoisotopic (exact) mass is 328 g/mol. The maximum Gasteiger partial charge on any atom is 0.291 e. The normalized spacial score (nSPS) is 20.7. The number of benzene rings is 1. The Kier molecular flexibility index (Phi) is 4.66. The molecular weight excluding hydrogens is 308 g/mol. The number of nitrogens with zero attached hydrogens (tertiary/aromatic N) is 1. The fourth-order valence-corrected chi connectivity index (χ4v) is 2.65. The minimum absolute atomic E-state index is 0.0263. The highest BCUT2D eigenvalue weighted by molar-refractivity contribution is 6.02. The van der Waals surface area contributed by atoms with Crippen LogP contribution < -0.4 is 5.32 Å². The van der Waals surface area contributed by atoms with Crippen LogP contribution in [0.5, 0.6) is 0 Å². The number of carbonyl (C=O) groups excluding carboxylic acids is 2. The summed E-state index contributed by atoms with van der Waals surface area (Å²) >= 11 is 0. The Balaban J connectivity index is 1.67. The van der Waals surface area contributed by atoms with Gasteiger partial charge in [-0.25, -0.2) is 0 Å². The summed E-state index contributed by atoms with van der Waals surface area (Å²) in [5.74, 6) is -0.109. The molecule has 1 aromatic carbocycles. The molecule has 2 unspecified atom stereocenters. The first-order chi connectivity index (χ1) is 11.5. The smallest absolute Gasteiger partial charge is 0.291 e. The van der Waals surface area contributed by atoms with Gasteiger partial charge in [-0.3, -0.25) is 9.59 Å². The highest BCUT2D eigenvalue weighted by Crippen LogP contribution is 2.17. The second-order valence-corrected chi connectivity index (χ2v) is 5.96. The van der Waals surface area contributed by atoms with Gasteiger partial charge < -0.3 is 19.4 Å². The molecule has 0 bridgehead atoms. The molecule has 0 radical (unpaired) electrons. The van der Waals surface area contributed by atoms with Crippen molar-refractivity contribution in [1.82, 2.24) is 4.90 Å². The van der Waals surface area contributed by atoms with E-state index in [4.69, 9.17) is 9.15 Å². The molecular formula is C18H20N2O4. The van der Waals surface area contributed by atoms with Gasteiger partial charge in [-0.05, 0) is 50.2 Å². The topological polar surface area (TPSA) is 71.8 Å². The number of hydrogen-bond donors (Lipinski definition) is 1. The van der Waals surface area contributed by atoms with Gasteiger partial charge in [0.1, 0.15) is 0 Å². The lowest BCUT2D eigenvalue weighted by atomic mass is 10.1. The van der Waals surface area contributed by atoms with Gasteiger partial charge in [0.05, 0.1) is 25.0 Å². The lowest BCUT2D eigenvalue weighted by Gasteiger charge is -2.36. The number of nitrogens with one attached hydrogen (secondary N) is 1. The summed E-state index contributed by atoms with van der Waals surface area (Å²) in [5.41, 5.74) is 1.20. The molecule has 1 saturated heterocycles. The van der Waals surface area contributed by atoms with Crippen molar-refractivity contribution in [3.8, 4) is 0 Å². The highest BCUT2D eigenvalue weighted by atomic mass is 16.5. The van der Waals surface area contributed by atoms with E-state index < -0.39 is 0 Å². The molecule has 6 nitrogen and oxygen atoms in total. The van der Waals surface area contributed by atoms with E-state index in [0.717, 1.165) is 0 Å². The molecule has 6 heteroatoms. The van der Waals surface area contributed by atoms with E-state index in [0.29, 0.717) is 24.4 Å². The van der Waals surface area contributed by atoms with Gasteiger partial charge in [-0.15, -0.1) is 0 Å². The van der Waals surface area contributed by atoms with E-state index in [1.807, 2.05) is 18.7 Å². The van der Waals surface area contributed by atoms with Crippen LogP contribution in [0.3, 0.4) is 0 Å². The first kappa shape index (κ1) is 16.3. The van der Waals surface area contributed by atoms with Crippen molar-refractivity contribution in [1.29, 1.82) is 0 Å². The summed E-state index contributed by atoms with van der Waals surface area (Å²) < 4.78 is 10.6. The zero-order valence-electron chi connectivity index (χ0n) is 13.7. The van der Waals surface area contributed by atoms with E-state index >= 15 is 0 Å². The standard InChI is InChI=1S/C18H20N2O4/c1-12-11-24-13(2)10-20(12)18(22)14-5-7-15(8-6-14)19-17(21)16-4-3-9-23-16/h3-9,12-13H,10-11H2,1-2H3,(H,19,21). The van der Waals surface area contributed by atoms with Crippen LogP contribution in [0, 0.1) is 0 Å². The number of hydrogen-bond acceptors (Lipinski definition) is 4.